The number of methoxy groups -OCH3 is 2. The Morgan fingerprint density at radius 3 is 2.48 bits per heavy atom. The van der Waals surface area contributed by atoms with E-state index in [1.165, 1.54) is 4.90 Å². The Hall–Kier alpha value is -2.44. The maximum Gasteiger partial charge on any atom is 0.314 e. The summed E-state index contributed by atoms with van der Waals surface area (Å²) in [6.45, 7) is 1.37. The van der Waals surface area contributed by atoms with E-state index in [0.717, 1.165) is 18.4 Å². The highest BCUT2D eigenvalue weighted by Crippen LogP contribution is 2.22. The lowest BCUT2D eigenvalue weighted by atomic mass is 9.97. The van der Waals surface area contributed by atoms with E-state index in [1.54, 1.807) is 20.3 Å². The average molecular weight is 321 g/mol. The first-order chi connectivity index (χ1) is 11.0. The van der Waals surface area contributed by atoms with Crippen LogP contribution < -0.4 is 20.5 Å². The van der Waals surface area contributed by atoms with E-state index in [0.29, 0.717) is 31.1 Å². The maximum absolute atomic E-state index is 12.3. The minimum atomic E-state index is -0.472. The van der Waals surface area contributed by atoms with Crippen molar-refractivity contribution in [2.45, 2.75) is 19.4 Å². The van der Waals surface area contributed by atoms with E-state index < -0.39 is 6.03 Å². The number of nitrogens with one attached hydrogen (secondary N) is 1. The number of urea groups is 1. The molecule has 7 nitrogen and oxygen atoms in total. The van der Waals surface area contributed by atoms with Crippen LogP contribution in [0.15, 0.2) is 18.2 Å². The van der Waals surface area contributed by atoms with Gasteiger partial charge in [-0.05, 0) is 30.5 Å². The first-order valence-corrected chi connectivity index (χ1v) is 7.57. The van der Waals surface area contributed by atoms with Crippen molar-refractivity contribution < 1.29 is 19.1 Å². The van der Waals surface area contributed by atoms with Gasteiger partial charge in [0.05, 0.1) is 20.1 Å². The number of piperidine rings is 1. The van der Waals surface area contributed by atoms with Gasteiger partial charge < -0.3 is 25.4 Å². The van der Waals surface area contributed by atoms with E-state index in [-0.39, 0.29) is 11.8 Å². The van der Waals surface area contributed by atoms with Crippen LogP contribution in [-0.4, -0.2) is 44.1 Å². The molecule has 1 heterocycles. The predicted octanol–water partition coefficient (Wildman–Crippen LogP) is 1.11. The minimum absolute atomic E-state index is 0.0715. The number of carbonyl (C=O) groups is 2. The Morgan fingerprint density at radius 2 is 1.91 bits per heavy atom. The van der Waals surface area contributed by atoms with E-state index in [9.17, 15) is 9.59 Å². The van der Waals surface area contributed by atoms with Gasteiger partial charge in [0.2, 0.25) is 5.91 Å². The van der Waals surface area contributed by atoms with E-state index in [4.69, 9.17) is 15.2 Å². The molecular weight excluding hydrogens is 298 g/mol. The summed E-state index contributed by atoms with van der Waals surface area (Å²) >= 11 is 0. The van der Waals surface area contributed by atoms with Crippen molar-refractivity contribution in [3.63, 3.8) is 0 Å². The van der Waals surface area contributed by atoms with E-state index in [1.807, 2.05) is 12.1 Å². The van der Waals surface area contributed by atoms with Gasteiger partial charge in [-0.15, -0.1) is 0 Å². The Bertz CT molecular complexity index is 554. The molecule has 1 aromatic carbocycles. The molecule has 3 amide bonds. The molecular formula is C16H23N3O4. The van der Waals surface area contributed by atoms with Crippen molar-refractivity contribution >= 4 is 11.9 Å². The second kappa shape index (κ2) is 7.71. The number of nitrogens with zero attached hydrogens (tertiary/aromatic N) is 1. The van der Waals surface area contributed by atoms with E-state index >= 15 is 0 Å². The minimum Gasteiger partial charge on any atom is -0.497 e. The third kappa shape index (κ3) is 4.51. The highest BCUT2D eigenvalue weighted by Gasteiger charge is 2.27. The second-order valence-corrected chi connectivity index (χ2v) is 5.56. The number of hydrogen-bond donors (Lipinski definition) is 2. The maximum atomic E-state index is 12.3. The number of primary amides is 1. The Balaban J connectivity index is 1.95. The zero-order valence-electron chi connectivity index (χ0n) is 13.5. The zero-order chi connectivity index (χ0) is 16.8. The predicted molar refractivity (Wildman–Crippen MR) is 85.3 cm³/mol. The van der Waals surface area contributed by atoms with Crippen LogP contribution in [0.2, 0.25) is 0 Å². The van der Waals surface area contributed by atoms with Gasteiger partial charge in [0, 0.05) is 25.7 Å². The quantitative estimate of drug-likeness (QED) is 0.849. The molecule has 23 heavy (non-hydrogen) atoms. The summed E-state index contributed by atoms with van der Waals surface area (Å²) in [6.07, 6.45) is 1.55. The summed E-state index contributed by atoms with van der Waals surface area (Å²) in [6, 6.07) is 5.00. The molecule has 1 atom stereocenters. The molecule has 1 fully saturated rings. The number of likely N-dealkylation sites (tertiary alicyclic amines) is 1. The Morgan fingerprint density at radius 1 is 1.26 bits per heavy atom. The Labute approximate surface area is 135 Å². The lowest BCUT2D eigenvalue weighted by Crippen LogP contribution is -2.47. The molecule has 1 saturated heterocycles. The van der Waals surface area contributed by atoms with Crippen molar-refractivity contribution in [1.82, 2.24) is 10.2 Å². The van der Waals surface area contributed by atoms with Crippen molar-refractivity contribution in [1.29, 1.82) is 0 Å². The number of nitrogens with two attached hydrogens (primary N) is 1. The van der Waals surface area contributed by atoms with Gasteiger partial charge in [-0.25, -0.2) is 4.79 Å². The van der Waals surface area contributed by atoms with Crippen molar-refractivity contribution in [3.8, 4) is 11.5 Å². The highest BCUT2D eigenvalue weighted by atomic mass is 16.5. The van der Waals surface area contributed by atoms with Crippen LogP contribution in [0.25, 0.3) is 0 Å². The normalized spacial score (nSPS) is 17.5. The SMILES string of the molecule is COc1cc(CNC(=O)C2CCCN(C(N)=O)C2)cc(OC)c1. The topological polar surface area (TPSA) is 93.9 Å². The van der Waals surface area contributed by atoms with Gasteiger partial charge >= 0.3 is 6.03 Å². The van der Waals surface area contributed by atoms with Gasteiger partial charge in [-0.1, -0.05) is 0 Å². The summed E-state index contributed by atoms with van der Waals surface area (Å²) in [7, 11) is 3.16. The van der Waals surface area contributed by atoms with Gasteiger partial charge in [0.25, 0.3) is 0 Å². The third-order valence-electron chi connectivity index (χ3n) is 3.98. The summed E-state index contributed by atoms with van der Waals surface area (Å²) in [5.41, 5.74) is 6.17. The fourth-order valence-corrected chi connectivity index (χ4v) is 2.69. The van der Waals surface area contributed by atoms with Gasteiger partial charge in [0.15, 0.2) is 0 Å². The molecule has 126 valence electrons. The number of rotatable bonds is 5. The standard InChI is InChI=1S/C16H23N3O4/c1-22-13-6-11(7-14(8-13)23-2)9-18-15(20)12-4-3-5-19(10-12)16(17)21/h6-8,12H,3-5,9-10H2,1-2H3,(H2,17,21)(H,18,20). The number of amides is 3. The monoisotopic (exact) mass is 321 g/mol. The summed E-state index contributed by atoms with van der Waals surface area (Å²) in [5.74, 6) is 1.05. The Kier molecular flexibility index (Phi) is 5.67. The van der Waals surface area contributed by atoms with Crippen molar-refractivity contribution in [2.24, 2.45) is 11.7 Å². The third-order valence-corrected chi connectivity index (χ3v) is 3.98. The molecule has 0 spiro atoms. The first kappa shape index (κ1) is 16.9. The fourth-order valence-electron chi connectivity index (χ4n) is 2.69. The number of hydrogen-bond acceptors (Lipinski definition) is 4. The largest absolute Gasteiger partial charge is 0.497 e. The smallest absolute Gasteiger partial charge is 0.314 e. The van der Waals surface area contributed by atoms with Crippen LogP contribution in [0.5, 0.6) is 11.5 Å². The molecule has 1 aliphatic rings. The molecule has 0 radical (unpaired) electrons. The van der Waals surface area contributed by atoms with Gasteiger partial charge in [-0.2, -0.15) is 0 Å². The molecule has 1 aliphatic heterocycles. The summed E-state index contributed by atoms with van der Waals surface area (Å²) in [4.78, 5) is 25.0. The van der Waals surface area contributed by atoms with Gasteiger partial charge in [-0.3, -0.25) is 4.79 Å². The summed E-state index contributed by atoms with van der Waals surface area (Å²) in [5, 5.41) is 2.90. The van der Waals surface area contributed by atoms with Crippen LogP contribution in [0.3, 0.4) is 0 Å². The molecule has 0 aromatic heterocycles. The summed E-state index contributed by atoms with van der Waals surface area (Å²) < 4.78 is 10.4. The van der Waals surface area contributed by atoms with Gasteiger partial charge in [0.1, 0.15) is 11.5 Å². The highest BCUT2D eigenvalue weighted by molar-refractivity contribution is 5.80. The number of ether oxygens (including phenoxy) is 2. The fraction of sp³-hybridized carbons (Fsp3) is 0.500. The zero-order valence-corrected chi connectivity index (χ0v) is 13.5. The molecule has 0 saturated carbocycles. The van der Waals surface area contributed by atoms with Crippen LogP contribution >= 0.6 is 0 Å². The first-order valence-electron chi connectivity index (χ1n) is 7.57. The van der Waals surface area contributed by atoms with Crippen molar-refractivity contribution in [3.05, 3.63) is 23.8 Å². The van der Waals surface area contributed by atoms with E-state index in [2.05, 4.69) is 5.32 Å². The average Bonchev–Trinajstić information content (AvgIpc) is 2.59. The van der Waals surface area contributed by atoms with Crippen LogP contribution in [-0.2, 0) is 11.3 Å². The second-order valence-electron chi connectivity index (χ2n) is 5.56. The van der Waals surface area contributed by atoms with Crippen molar-refractivity contribution in [2.75, 3.05) is 27.3 Å². The molecule has 0 bridgehead atoms. The molecule has 7 heteroatoms. The molecule has 1 unspecified atom stereocenters. The van der Waals surface area contributed by atoms with Crippen LogP contribution in [0, 0.1) is 5.92 Å². The molecule has 0 aliphatic carbocycles. The van der Waals surface area contributed by atoms with Crippen LogP contribution in [0.1, 0.15) is 18.4 Å². The number of benzene rings is 1. The van der Waals surface area contributed by atoms with Crippen LogP contribution in [0.4, 0.5) is 4.79 Å². The molecule has 2 rings (SSSR count). The lowest BCUT2D eigenvalue weighted by molar-refractivity contribution is -0.126. The lowest BCUT2D eigenvalue weighted by Gasteiger charge is -2.30. The molecule has 1 aromatic rings. The number of carbonyl (C=O) groups excluding carboxylic acids is 2. The molecule has 3 N–H and O–H groups in total.